The van der Waals surface area contributed by atoms with Gasteiger partial charge in [0, 0.05) is 24.4 Å². The summed E-state index contributed by atoms with van der Waals surface area (Å²) in [6.45, 7) is 7.20. The van der Waals surface area contributed by atoms with Crippen LogP contribution in [0.5, 0.6) is 0 Å². The van der Waals surface area contributed by atoms with Gasteiger partial charge in [-0.2, -0.15) is 0 Å². The molecule has 0 aliphatic heterocycles. The van der Waals surface area contributed by atoms with Gasteiger partial charge < -0.3 is 4.74 Å². The predicted molar refractivity (Wildman–Crippen MR) is 50.4 cm³/mol. The zero-order chi connectivity index (χ0) is 9.64. The van der Waals surface area contributed by atoms with Crippen molar-refractivity contribution >= 4 is 5.78 Å². The van der Waals surface area contributed by atoms with Crippen LogP contribution >= 0.6 is 0 Å². The molecule has 0 amide bonds. The van der Waals surface area contributed by atoms with E-state index >= 15 is 0 Å². The summed E-state index contributed by atoms with van der Waals surface area (Å²) in [6.07, 6.45) is 2.07. The predicted octanol–water partition coefficient (Wildman–Crippen LogP) is 2.03. The quantitative estimate of drug-likeness (QED) is 0.653. The van der Waals surface area contributed by atoms with Crippen LogP contribution in [-0.4, -0.2) is 18.5 Å². The van der Waals surface area contributed by atoms with Crippen molar-refractivity contribution in [2.75, 3.05) is 6.61 Å². The van der Waals surface area contributed by atoms with Crippen molar-refractivity contribution in [1.82, 2.24) is 0 Å². The molecule has 2 aliphatic carbocycles. The van der Waals surface area contributed by atoms with E-state index in [4.69, 9.17) is 4.74 Å². The summed E-state index contributed by atoms with van der Waals surface area (Å²) in [5.41, 5.74) is 0.160. The van der Waals surface area contributed by atoms with E-state index in [0.29, 0.717) is 23.7 Å². The van der Waals surface area contributed by atoms with E-state index in [1.807, 2.05) is 6.92 Å². The summed E-state index contributed by atoms with van der Waals surface area (Å²) in [5.74, 6) is 1.28. The third kappa shape index (κ3) is 1.01. The summed E-state index contributed by atoms with van der Waals surface area (Å²) in [5, 5.41) is 0. The minimum absolute atomic E-state index is 0.160. The average molecular weight is 182 g/mol. The second kappa shape index (κ2) is 2.81. The highest BCUT2D eigenvalue weighted by Gasteiger charge is 2.62. The van der Waals surface area contributed by atoms with Crippen LogP contribution in [0, 0.1) is 17.3 Å². The molecule has 2 nitrogen and oxygen atoms in total. The highest BCUT2D eigenvalue weighted by molar-refractivity contribution is 5.86. The van der Waals surface area contributed by atoms with Crippen LogP contribution < -0.4 is 0 Å². The Hall–Kier alpha value is -0.370. The van der Waals surface area contributed by atoms with Gasteiger partial charge in [-0.25, -0.2) is 0 Å². The summed E-state index contributed by atoms with van der Waals surface area (Å²) in [7, 11) is 0. The van der Waals surface area contributed by atoms with E-state index in [1.54, 1.807) is 0 Å². The maximum Gasteiger partial charge on any atom is 0.137 e. The smallest absolute Gasteiger partial charge is 0.137 e. The van der Waals surface area contributed by atoms with E-state index in [0.717, 1.165) is 19.4 Å². The number of hydrogen-bond acceptors (Lipinski definition) is 2. The van der Waals surface area contributed by atoms with Crippen molar-refractivity contribution < 1.29 is 9.53 Å². The summed E-state index contributed by atoms with van der Waals surface area (Å²) < 4.78 is 5.66. The van der Waals surface area contributed by atoms with Gasteiger partial charge in [0.05, 0.1) is 6.10 Å². The molecule has 4 atom stereocenters. The van der Waals surface area contributed by atoms with Gasteiger partial charge in [-0.15, -0.1) is 0 Å². The van der Waals surface area contributed by atoms with E-state index in [-0.39, 0.29) is 5.41 Å². The minimum Gasteiger partial charge on any atom is -0.378 e. The number of Topliss-reactive ketones (excluding diaryl/α,β-unsaturated/α-hetero) is 1. The molecule has 74 valence electrons. The zero-order valence-corrected chi connectivity index (χ0v) is 8.67. The molecule has 0 aromatic carbocycles. The molecule has 0 aromatic heterocycles. The van der Waals surface area contributed by atoms with E-state index in [9.17, 15) is 4.79 Å². The molecule has 2 saturated carbocycles. The molecule has 2 aliphatic rings. The minimum atomic E-state index is 0.160. The van der Waals surface area contributed by atoms with Crippen molar-refractivity contribution in [3.63, 3.8) is 0 Å². The number of carbonyl (C=O) groups excluding carboxylic acids is 1. The SMILES string of the molecule is CCOC1CC2C(=O)CC(C)C12C. The molecular weight excluding hydrogens is 164 g/mol. The maximum absolute atomic E-state index is 11.5. The van der Waals surface area contributed by atoms with Crippen LogP contribution in [-0.2, 0) is 9.53 Å². The van der Waals surface area contributed by atoms with Crippen LogP contribution in [0.25, 0.3) is 0 Å². The maximum atomic E-state index is 11.5. The van der Waals surface area contributed by atoms with E-state index in [1.165, 1.54) is 0 Å². The van der Waals surface area contributed by atoms with Gasteiger partial charge in [-0.05, 0) is 19.3 Å². The Kier molecular flexibility index (Phi) is 1.99. The van der Waals surface area contributed by atoms with Gasteiger partial charge >= 0.3 is 0 Å². The molecule has 4 unspecified atom stereocenters. The third-order valence-corrected chi connectivity index (χ3v) is 4.22. The van der Waals surface area contributed by atoms with Crippen molar-refractivity contribution in [2.24, 2.45) is 17.3 Å². The first-order valence-electron chi connectivity index (χ1n) is 5.25. The number of ketones is 1. The number of rotatable bonds is 2. The summed E-state index contributed by atoms with van der Waals surface area (Å²) >= 11 is 0. The second-order valence-corrected chi connectivity index (χ2v) is 4.67. The highest BCUT2D eigenvalue weighted by Crippen LogP contribution is 2.59. The highest BCUT2D eigenvalue weighted by atomic mass is 16.5. The largest absolute Gasteiger partial charge is 0.378 e. The van der Waals surface area contributed by atoms with Gasteiger partial charge in [0.25, 0.3) is 0 Å². The normalized spacial score (nSPS) is 48.8. The Balaban J connectivity index is 2.14. The lowest BCUT2D eigenvalue weighted by Crippen LogP contribution is -2.53. The Labute approximate surface area is 79.7 Å². The first-order valence-corrected chi connectivity index (χ1v) is 5.25. The lowest BCUT2D eigenvalue weighted by Gasteiger charge is -2.51. The second-order valence-electron chi connectivity index (χ2n) is 4.67. The van der Waals surface area contributed by atoms with Crippen molar-refractivity contribution in [3.8, 4) is 0 Å². The van der Waals surface area contributed by atoms with Crippen LogP contribution in [0.2, 0.25) is 0 Å². The number of fused-ring (bicyclic) bond motifs is 1. The molecule has 0 heterocycles. The zero-order valence-electron chi connectivity index (χ0n) is 8.67. The molecule has 2 rings (SSSR count). The molecule has 0 bridgehead atoms. The monoisotopic (exact) mass is 182 g/mol. The molecule has 0 aromatic rings. The Bertz CT molecular complexity index is 236. The summed E-state index contributed by atoms with van der Waals surface area (Å²) in [6, 6.07) is 0. The van der Waals surface area contributed by atoms with Crippen LogP contribution in [0.15, 0.2) is 0 Å². The van der Waals surface area contributed by atoms with E-state index in [2.05, 4.69) is 13.8 Å². The lowest BCUT2D eigenvalue weighted by molar-refractivity contribution is -0.158. The van der Waals surface area contributed by atoms with Crippen molar-refractivity contribution in [3.05, 3.63) is 0 Å². The Morgan fingerprint density at radius 1 is 1.62 bits per heavy atom. The topological polar surface area (TPSA) is 26.3 Å². The first kappa shape index (κ1) is 9.20. The lowest BCUT2D eigenvalue weighted by atomic mass is 9.57. The van der Waals surface area contributed by atoms with Gasteiger partial charge in [-0.3, -0.25) is 4.79 Å². The molecular formula is C11H18O2. The number of carbonyl (C=O) groups is 1. The van der Waals surface area contributed by atoms with Crippen LogP contribution in [0.3, 0.4) is 0 Å². The van der Waals surface area contributed by atoms with Gasteiger partial charge in [-0.1, -0.05) is 13.8 Å². The fourth-order valence-electron chi connectivity index (χ4n) is 3.04. The molecule has 13 heavy (non-hydrogen) atoms. The van der Waals surface area contributed by atoms with Gasteiger partial charge in [0.1, 0.15) is 5.78 Å². The van der Waals surface area contributed by atoms with Crippen molar-refractivity contribution in [1.29, 1.82) is 0 Å². The summed E-state index contributed by atoms with van der Waals surface area (Å²) in [4.78, 5) is 11.5. The van der Waals surface area contributed by atoms with Gasteiger partial charge in [0.15, 0.2) is 0 Å². The molecule has 2 fully saturated rings. The average Bonchev–Trinajstić information content (AvgIpc) is 2.23. The van der Waals surface area contributed by atoms with Crippen LogP contribution in [0.1, 0.15) is 33.6 Å². The first-order chi connectivity index (χ1) is 6.10. The third-order valence-electron chi connectivity index (χ3n) is 4.22. The Morgan fingerprint density at radius 2 is 2.31 bits per heavy atom. The molecule has 0 radical (unpaired) electrons. The molecule has 0 spiro atoms. The fraction of sp³-hybridized carbons (Fsp3) is 0.909. The molecule has 2 heteroatoms. The molecule has 0 saturated heterocycles. The molecule has 0 N–H and O–H groups in total. The van der Waals surface area contributed by atoms with Gasteiger partial charge in [0.2, 0.25) is 0 Å². The number of hydrogen-bond donors (Lipinski definition) is 0. The van der Waals surface area contributed by atoms with Crippen LogP contribution in [0.4, 0.5) is 0 Å². The Morgan fingerprint density at radius 3 is 2.85 bits per heavy atom. The van der Waals surface area contributed by atoms with Crippen molar-refractivity contribution in [2.45, 2.75) is 39.7 Å². The number of ether oxygens (including phenoxy) is 1. The fourth-order valence-corrected chi connectivity index (χ4v) is 3.04. The standard InChI is InChI=1S/C11H18O2/c1-4-13-10-6-8-9(12)5-7(2)11(8,10)3/h7-8,10H,4-6H2,1-3H3. The van der Waals surface area contributed by atoms with E-state index < -0.39 is 0 Å².